The van der Waals surface area contributed by atoms with Crippen LogP contribution in [0.2, 0.25) is 0 Å². The van der Waals surface area contributed by atoms with Crippen LogP contribution in [0.15, 0.2) is 48.5 Å². The maximum atomic E-state index is 5.20. The van der Waals surface area contributed by atoms with Crippen molar-refractivity contribution in [3.05, 3.63) is 48.5 Å². The van der Waals surface area contributed by atoms with Crippen LogP contribution in [0.3, 0.4) is 0 Å². The van der Waals surface area contributed by atoms with Gasteiger partial charge in [-0.25, -0.2) is 0 Å². The number of hydrogen-bond acceptors (Lipinski definition) is 3. The first-order chi connectivity index (χ1) is 9.86. The zero-order valence-electron chi connectivity index (χ0n) is 10.9. The molecule has 0 unspecified atom stereocenters. The minimum Gasteiger partial charge on any atom is -0.497 e. The molecule has 0 aliphatic carbocycles. The molecule has 0 aliphatic rings. The van der Waals surface area contributed by atoms with E-state index in [0.717, 1.165) is 22.5 Å². The Labute approximate surface area is 119 Å². The first-order valence-corrected chi connectivity index (χ1v) is 7.18. The van der Waals surface area contributed by atoms with Crippen LogP contribution < -0.4 is 4.74 Å². The third kappa shape index (κ3) is 1.62. The lowest BCUT2D eigenvalue weighted by Crippen LogP contribution is -1.83. The fraction of sp³-hybridized carbons (Fsp3) is 0.0625. The highest BCUT2D eigenvalue weighted by atomic mass is 32.1. The zero-order valence-corrected chi connectivity index (χ0v) is 11.7. The van der Waals surface area contributed by atoms with Crippen molar-refractivity contribution in [3.8, 4) is 17.0 Å². The SMILES string of the molecule is COc1ccc(-c2n[nH]c3c2sc2ccccc23)cc1. The number of hydrogen-bond donors (Lipinski definition) is 1. The molecule has 98 valence electrons. The lowest BCUT2D eigenvalue weighted by molar-refractivity contribution is 0.415. The van der Waals surface area contributed by atoms with Gasteiger partial charge in [0.2, 0.25) is 0 Å². The van der Waals surface area contributed by atoms with E-state index in [4.69, 9.17) is 4.74 Å². The number of methoxy groups -OCH3 is 1. The van der Waals surface area contributed by atoms with Gasteiger partial charge in [0, 0.05) is 15.6 Å². The second-order valence-electron chi connectivity index (χ2n) is 4.60. The maximum Gasteiger partial charge on any atom is 0.118 e. The highest BCUT2D eigenvalue weighted by Gasteiger charge is 2.13. The minimum absolute atomic E-state index is 0.858. The van der Waals surface area contributed by atoms with E-state index in [0.29, 0.717) is 0 Å². The Hall–Kier alpha value is -2.33. The summed E-state index contributed by atoms with van der Waals surface area (Å²) in [4.78, 5) is 0. The van der Waals surface area contributed by atoms with Gasteiger partial charge in [0.25, 0.3) is 0 Å². The summed E-state index contributed by atoms with van der Waals surface area (Å²) < 4.78 is 7.68. The molecule has 0 saturated heterocycles. The number of thiophene rings is 1. The maximum absolute atomic E-state index is 5.20. The number of ether oxygens (including phenoxy) is 1. The van der Waals surface area contributed by atoms with E-state index in [1.807, 2.05) is 24.3 Å². The predicted octanol–water partition coefficient (Wildman–Crippen LogP) is 4.45. The molecule has 0 spiro atoms. The van der Waals surface area contributed by atoms with E-state index in [2.05, 4.69) is 34.5 Å². The average molecular weight is 280 g/mol. The molecule has 3 nitrogen and oxygen atoms in total. The first kappa shape index (κ1) is 11.5. The molecule has 2 heterocycles. The van der Waals surface area contributed by atoms with Gasteiger partial charge in [-0.1, -0.05) is 18.2 Å². The molecule has 4 aromatic rings. The van der Waals surface area contributed by atoms with Crippen LogP contribution in [0.5, 0.6) is 5.75 Å². The van der Waals surface area contributed by atoms with Crippen molar-refractivity contribution in [3.63, 3.8) is 0 Å². The third-order valence-corrected chi connectivity index (χ3v) is 4.63. The summed E-state index contributed by atoms with van der Waals surface area (Å²) in [6, 6.07) is 16.4. The third-order valence-electron chi connectivity index (χ3n) is 3.45. The Bertz CT molecular complexity index is 890. The fourth-order valence-corrected chi connectivity index (χ4v) is 3.59. The second-order valence-corrected chi connectivity index (χ2v) is 5.66. The number of H-pyrrole nitrogens is 1. The molecule has 0 bridgehead atoms. The molecule has 2 aromatic heterocycles. The van der Waals surface area contributed by atoms with Crippen molar-refractivity contribution in [2.24, 2.45) is 0 Å². The van der Waals surface area contributed by atoms with Gasteiger partial charge in [-0.05, 0) is 30.3 Å². The van der Waals surface area contributed by atoms with Crippen LogP contribution in [0.4, 0.5) is 0 Å². The molecule has 0 atom stereocenters. The Morgan fingerprint density at radius 2 is 1.85 bits per heavy atom. The van der Waals surface area contributed by atoms with Gasteiger partial charge >= 0.3 is 0 Å². The minimum atomic E-state index is 0.858. The summed E-state index contributed by atoms with van der Waals surface area (Å²) in [7, 11) is 1.67. The number of nitrogens with zero attached hydrogens (tertiary/aromatic N) is 1. The molecule has 1 N–H and O–H groups in total. The van der Waals surface area contributed by atoms with Gasteiger partial charge in [0.1, 0.15) is 11.4 Å². The van der Waals surface area contributed by atoms with Gasteiger partial charge < -0.3 is 4.74 Å². The summed E-state index contributed by atoms with van der Waals surface area (Å²) >= 11 is 1.77. The summed E-state index contributed by atoms with van der Waals surface area (Å²) in [6.07, 6.45) is 0. The number of aromatic nitrogens is 2. The van der Waals surface area contributed by atoms with Crippen LogP contribution in [0.1, 0.15) is 0 Å². The van der Waals surface area contributed by atoms with Crippen molar-refractivity contribution < 1.29 is 4.74 Å². The normalized spacial score (nSPS) is 11.2. The molecular formula is C16H12N2OS. The lowest BCUT2D eigenvalue weighted by atomic mass is 10.1. The van der Waals surface area contributed by atoms with E-state index in [1.165, 1.54) is 14.8 Å². The standard InChI is InChI=1S/C16H12N2OS/c1-19-11-8-6-10(7-9-11)14-16-15(18-17-14)12-4-2-3-5-13(12)20-16/h2-9H,1H3,(H,17,18). The first-order valence-electron chi connectivity index (χ1n) is 6.37. The van der Waals surface area contributed by atoms with Gasteiger partial charge in [-0.2, -0.15) is 5.10 Å². The highest BCUT2D eigenvalue weighted by Crippen LogP contribution is 2.38. The summed E-state index contributed by atoms with van der Waals surface area (Å²) in [6.45, 7) is 0. The summed E-state index contributed by atoms with van der Waals surface area (Å²) in [5.41, 5.74) is 3.23. The van der Waals surface area contributed by atoms with Gasteiger partial charge in [0.15, 0.2) is 0 Å². The van der Waals surface area contributed by atoms with E-state index in [9.17, 15) is 0 Å². The van der Waals surface area contributed by atoms with Crippen molar-refractivity contribution in [2.75, 3.05) is 7.11 Å². The fourth-order valence-electron chi connectivity index (χ4n) is 2.43. The smallest absolute Gasteiger partial charge is 0.118 e. The van der Waals surface area contributed by atoms with Crippen molar-refractivity contribution in [1.82, 2.24) is 10.2 Å². The molecule has 2 aromatic carbocycles. The topological polar surface area (TPSA) is 37.9 Å². The van der Waals surface area contributed by atoms with E-state index in [1.54, 1.807) is 18.4 Å². The largest absolute Gasteiger partial charge is 0.497 e. The second kappa shape index (κ2) is 4.35. The Balaban J connectivity index is 1.94. The molecule has 20 heavy (non-hydrogen) atoms. The van der Waals surface area contributed by atoms with E-state index in [-0.39, 0.29) is 0 Å². The average Bonchev–Trinajstić information content (AvgIpc) is 3.06. The van der Waals surface area contributed by atoms with Gasteiger partial charge in [-0.3, -0.25) is 5.10 Å². The summed E-state index contributed by atoms with van der Waals surface area (Å²) in [5.74, 6) is 0.858. The molecule has 0 fully saturated rings. The number of nitrogens with one attached hydrogen (secondary N) is 1. The number of fused-ring (bicyclic) bond motifs is 3. The van der Waals surface area contributed by atoms with E-state index >= 15 is 0 Å². The Morgan fingerprint density at radius 1 is 1.05 bits per heavy atom. The van der Waals surface area contributed by atoms with Gasteiger partial charge in [0.05, 0.1) is 17.3 Å². The number of benzene rings is 2. The van der Waals surface area contributed by atoms with Crippen molar-refractivity contribution in [1.29, 1.82) is 0 Å². The lowest BCUT2D eigenvalue weighted by Gasteiger charge is -2.00. The number of rotatable bonds is 2. The van der Waals surface area contributed by atoms with Crippen molar-refractivity contribution >= 4 is 31.6 Å². The Kier molecular flexibility index (Phi) is 2.50. The molecule has 4 heteroatoms. The molecule has 0 amide bonds. The van der Waals surface area contributed by atoms with E-state index < -0.39 is 0 Å². The van der Waals surface area contributed by atoms with Crippen LogP contribution >= 0.6 is 11.3 Å². The van der Waals surface area contributed by atoms with Crippen LogP contribution in [0, 0.1) is 0 Å². The highest BCUT2D eigenvalue weighted by molar-refractivity contribution is 7.26. The zero-order chi connectivity index (χ0) is 13.5. The van der Waals surface area contributed by atoms with Crippen molar-refractivity contribution in [2.45, 2.75) is 0 Å². The molecular weight excluding hydrogens is 268 g/mol. The molecule has 0 saturated carbocycles. The van der Waals surface area contributed by atoms with Crippen LogP contribution in [-0.2, 0) is 0 Å². The van der Waals surface area contributed by atoms with Crippen LogP contribution in [-0.4, -0.2) is 17.3 Å². The monoisotopic (exact) mass is 280 g/mol. The summed E-state index contributed by atoms with van der Waals surface area (Å²) in [5, 5.41) is 8.88. The van der Waals surface area contributed by atoms with Gasteiger partial charge in [-0.15, -0.1) is 11.3 Å². The van der Waals surface area contributed by atoms with Crippen LogP contribution in [0.25, 0.3) is 31.6 Å². The number of aromatic amines is 1. The molecule has 4 rings (SSSR count). The quantitative estimate of drug-likeness (QED) is 0.589. The predicted molar refractivity (Wildman–Crippen MR) is 83.5 cm³/mol. The Morgan fingerprint density at radius 3 is 2.65 bits per heavy atom. The molecule has 0 radical (unpaired) electrons. The molecule has 0 aliphatic heterocycles.